The fourth-order valence-corrected chi connectivity index (χ4v) is 11.4. The number of imidazole rings is 1. The Labute approximate surface area is 375 Å². The number of benzene rings is 3. The summed E-state index contributed by atoms with van der Waals surface area (Å²) in [5, 5.41) is 1.92. The summed E-state index contributed by atoms with van der Waals surface area (Å²) in [7, 11) is 0. The van der Waals surface area contributed by atoms with Gasteiger partial charge in [-0.3, -0.25) is 15.0 Å². The zero-order chi connectivity index (χ0) is 42.3. The van der Waals surface area contributed by atoms with Crippen LogP contribution in [0, 0.1) is 39.0 Å². The molecule has 0 aliphatic carbocycles. The smallest absolute Gasteiger partial charge is 0 e. The third-order valence-electron chi connectivity index (χ3n) is 11.0. The van der Waals surface area contributed by atoms with Crippen molar-refractivity contribution in [3.8, 4) is 39.5 Å². The second-order valence-corrected chi connectivity index (χ2v) is 28.1. The number of aryl methyl sites for hydroxylation is 3. The average molecular weight is 1040 g/mol. The Morgan fingerprint density at radius 1 is 0.787 bits per heavy atom. The maximum Gasteiger partial charge on any atom is 0 e. The van der Waals surface area contributed by atoms with Gasteiger partial charge >= 0.3 is 132 Å². The van der Waals surface area contributed by atoms with E-state index in [0.717, 1.165) is 84.7 Å². The van der Waals surface area contributed by atoms with E-state index in [1.54, 1.807) is 4.40 Å². The third-order valence-corrected chi connectivity index (χ3v) is 15.3. The summed E-state index contributed by atoms with van der Waals surface area (Å²) in [6.07, 6.45) is 10.3. The van der Waals surface area contributed by atoms with Gasteiger partial charge in [0, 0.05) is 43.1 Å². The van der Waals surface area contributed by atoms with E-state index in [9.17, 15) is 0 Å². The summed E-state index contributed by atoms with van der Waals surface area (Å²) in [4.78, 5) is 23.5. The number of hydrogen-bond acceptors (Lipinski definition) is 6. The number of fused-ring (bicyclic) bond motifs is 4. The molecule has 6 heterocycles. The van der Waals surface area contributed by atoms with Gasteiger partial charge in [0.25, 0.3) is 0 Å². The summed E-state index contributed by atoms with van der Waals surface area (Å²) >= 11 is -1.87. The summed E-state index contributed by atoms with van der Waals surface area (Å²) in [5.41, 5.74) is 15.2. The Kier molecular flexibility index (Phi) is 12.9. The van der Waals surface area contributed by atoms with Crippen LogP contribution in [0.5, 0.6) is 0 Å². The van der Waals surface area contributed by atoms with E-state index in [2.05, 4.69) is 157 Å². The molecule has 0 fully saturated rings. The van der Waals surface area contributed by atoms with Crippen LogP contribution >= 0.6 is 0 Å². The second-order valence-electron chi connectivity index (χ2n) is 17.6. The van der Waals surface area contributed by atoms with Crippen molar-refractivity contribution >= 4 is 50.8 Å². The Hall–Kier alpha value is -5.28. The average Bonchev–Trinajstić information content (AvgIpc) is 3.80. The molecule has 0 atom stereocenters. The van der Waals surface area contributed by atoms with Crippen molar-refractivity contribution in [2.24, 2.45) is 5.92 Å². The second kappa shape index (κ2) is 18.0. The van der Waals surface area contributed by atoms with E-state index >= 15 is 0 Å². The van der Waals surface area contributed by atoms with Crippen molar-refractivity contribution in [2.45, 2.75) is 78.1 Å². The van der Waals surface area contributed by atoms with Gasteiger partial charge in [0.2, 0.25) is 0 Å². The van der Waals surface area contributed by atoms with Crippen molar-refractivity contribution in [2.75, 3.05) is 0 Å². The Balaban J connectivity index is 0.000000217. The fourth-order valence-electron chi connectivity index (χ4n) is 8.09. The zero-order valence-corrected chi connectivity index (χ0v) is 41.2. The first-order valence-electron chi connectivity index (χ1n) is 20.9. The minimum absolute atomic E-state index is 0. The van der Waals surface area contributed by atoms with E-state index < -0.39 is 13.3 Å². The molecule has 0 aliphatic heterocycles. The SMILES string of the molecule is Cc1cc2c(oc3n[c-]c(-c4nc5cncc(C(C)C)c5n4-c4ccc(-c5ccccc5)cc4)cc32)c(C)n1.Cc1ccc[c-]c1-c1cc(CC(C)C)[c]([Ge]([CH3])([CH3])[CH3])cn1.[Ir]. The van der Waals surface area contributed by atoms with Gasteiger partial charge in [0.15, 0.2) is 0 Å². The van der Waals surface area contributed by atoms with Gasteiger partial charge < -0.3 is 14.0 Å². The molecule has 0 bridgehead atoms. The third kappa shape index (κ3) is 9.04. The van der Waals surface area contributed by atoms with Crippen molar-refractivity contribution in [3.05, 3.63) is 150 Å². The maximum absolute atomic E-state index is 6.07. The molecule has 0 amide bonds. The van der Waals surface area contributed by atoms with Gasteiger partial charge in [0.05, 0.1) is 28.7 Å². The van der Waals surface area contributed by atoms with Crippen LogP contribution in [0.2, 0.25) is 17.3 Å². The van der Waals surface area contributed by atoms with Crippen LogP contribution in [0.15, 0.2) is 114 Å². The fraction of sp³-hybridized carbons (Fsp3) is 0.250. The first-order valence-corrected chi connectivity index (χ1v) is 28.2. The standard InChI is InChI=1S/C33H26N5O.C19H26GeN.Ir/c1-19(2)28-17-34-18-29-30(28)38(25-12-10-23(11-13-25)22-8-6-5-7-9-22)32(37-29)24-15-27-26-14-20(3)36-21(4)31(26)39-33(27)35-16-24;1-14(2)11-16-12-19(17-10-8-7-9-15(17)3)21-13-18(16)20(4,5)6;/h5-15,17-19H,1-4H3;7-9,12-14H,11H2,1-6H3;/q2*-1;. The molecule has 0 N–H and O–H groups in total. The first kappa shape index (κ1) is 43.8. The molecule has 0 unspecified atom stereocenters. The molecule has 9 heteroatoms. The quantitative estimate of drug-likeness (QED) is 0.111. The minimum atomic E-state index is -1.87. The molecule has 9 rings (SSSR count). The largest absolute Gasteiger partial charge is 0 e. The van der Waals surface area contributed by atoms with Crippen LogP contribution < -0.4 is 4.40 Å². The Morgan fingerprint density at radius 3 is 2.21 bits per heavy atom. The molecule has 7 nitrogen and oxygen atoms in total. The number of furan rings is 1. The van der Waals surface area contributed by atoms with Crippen molar-refractivity contribution in [3.63, 3.8) is 0 Å². The van der Waals surface area contributed by atoms with Crippen molar-refractivity contribution in [1.29, 1.82) is 0 Å². The monoisotopic (exact) mass is 1040 g/mol. The Morgan fingerprint density at radius 2 is 1.52 bits per heavy atom. The van der Waals surface area contributed by atoms with Crippen LogP contribution in [0.1, 0.15) is 61.7 Å². The zero-order valence-electron chi connectivity index (χ0n) is 36.7. The van der Waals surface area contributed by atoms with Gasteiger partial charge in [-0.2, -0.15) is 0 Å². The molecule has 9 aromatic rings. The first-order chi connectivity index (χ1) is 28.8. The van der Waals surface area contributed by atoms with Crippen LogP contribution in [0.25, 0.3) is 72.6 Å². The molecule has 0 saturated carbocycles. The molecule has 0 spiro atoms. The topological polar surface area (TPSA) is 82.5 Å². The molecule has 6 aromatic heterocycles. The molecule has 311 valence electrons. The van der Waals surface area contributed by atoms with Gasteiger partial charge in [-0.05, 0) is 66.2 Å². The normalized spacial score (nSPS) is 11.7. The van der Waals surface area contributed by atoms with Gasteiger partial charge in [-0.1, -0.05) is 61.9 Å². The van der Waals surface area contributed by atoms with Gasteiger partial charge in [-0.15, -0.1) is 6.07 Å². The molecular weight excluding hydrogens is 989 g/mol. The van der Waals surface area contributed by atoms with E-state index in [0.29, 0.717) is 11.6 Å². The summed E-state index contributed by atoms with van der Waals surface area (Å²) in [5.74, 6) is 9.04. The van der Waals surface area contributed by atoms with E-state index in [-0.39, 0.29) is 26.0 Å². The van der Waals surface area contributed by atoms with E-state index in [1.165, 1.54) is 16.7 Å². The van der Waals surface area contributed by atoms with E-state index in [4.69, 9.17) is 14.4 Å². The van der Waals surface area contributed by atoms with Crippen LogP contribution in [0.3, 0.4) is 0 Å². The van der Waals surface area contributed by atoms with Crippen molar-refractivity contribution in [1.82, 2.24) is 29.5 Å². The predicted molar refractivity (Wildman–Crippen MR) is 250 cm³/mol. The number of aromatic nitrogens is 6. The maximum atomic E-state index is 6.07. The molecule has 61 heavy (non-hydrogen) atoms. The molecular formula is C52H52GeIrN6O-2. The van der Waals surface area contributed by atoms with Gasteiger partial charge in [-0.25, -0.2) is 0 Å². The van der Waals surface area contributed by atoms with Crippen LogP contribution in [-0.4, -0.2) is 42.8 Å². The summed E-state index contributed by atoms with van der Waals surface area (Å²) in [6.45, 7) is 15.0. The summed E-state index contributed by atoms with van der Waals surface area (Å²) in [6, 6.07) is 34.9. The van der Waals surface area contributed by atoms with Crippen molar-refractivity contribution < 1.29 is 24.5 Å². The predicted octanol–water partition coefficient (Wildman–Crippen LogP) is 12.6. The summed E-state index contributed by atoms with van der Waals surface area (Å²) < 4.78 is 9.82. The minimum Gasteiger partial charge on any atom is 0 e. The van der Waals surface area contributed by atoms with Gasteiger partial charge in [0.1, 0.15) is 11.3 Å². The van der Waals surface area contributed by atoms with E-state index in [1.807, 2.05) is 50.5 Å². The Bertz CT molecular complexity index is 2980. The number of nitrogens with zero attached hydrogens (tertiary/aromatic N) is 6. The van der Waals surface area contributed by atoms with Crippen LogP contribution in [-0.2, 0) is 26.5 Å². The number of hydrogen-bond donors (Lipinski definition) is 0. The molecule has 3 aromatic carbocycles. The number of rotatable bonds is 8. The molecule has 0 aliphatic rings. The number of pyridine rings is 4. The molecule has 1 radical (unpaired) electrons. The van der Waals surface area contributed by atoms with Crippen LogP contribution in [0.4, 0.5) is 0 Å². The molecule has 0 saturated heterocycles.